The fourth-order valence-corrected chi connectivity index (χ4v) is 3.69. The first kappa shape index (κ1) is 21.2. The molecule has 0 aromatic heterocycles. The lowest BCUT2D eigenvalue weighted by Gasteiger charge is -2.21. The SMILES string of the molecule is C=S(=O)(c1ccc(Cl)c(C(=O)Nc2cc(F)c(F)c(F)c2)c1)N(C)CCO. The van der Waals surface area contributed by atoms with Crippen LogP contribution in [0.25, 0.3) is 0 Å². The standard InChI is InChI=1S/C17H16ClF3N2O3S/c1-23(5-6-24)27(2,26)11-3-4-13(18)12(9-11)17(25)22-10-7-14(19)16(21)15(20)8-10/h3-4,7-9,24H,2,5-6H2,1H3,(H,22,25). The van der Waals surface area contributed by atoms with E-state index in [4.69, 9.17) is 16.7 Å². The Bertz CT molecular complexity index is 960. The van der Waals surface area contributed by atoms with Gasteiger partial charge in [-0.05, 0) is 31.1 Å². The summed E-state index contributed by atoms with van der Waals surface area (Å²) in [5.41, 5.74) is -0.432. The van der Waals surface area contributed by atoms with Crippen molar-refractivity contribution >= 4 is 38.8 Å². The van der Waals surface area contributed by atoms with E-state index in [2.05, 4.69) is 11.2 Å². The highest BCUT2D eigenvalue weighted by atomic mass is 35.5. The van der Waals surface area contributed by atoms with Crippen molar-refractivity contribution in [3.63, 3.8) is 0 Å². The number of rotatable bonds is 6. The number of carbonyl (C=O) groups excluding carboxylic acids is 1. The number of aliphatic hydroxyl groups excluding tert-OH is 1. The Hall–Kier alpha value is -2.07. The highest BCUT2D eigenvalue weighted by Gasteiger charge is 2.19. The van der Waals surface area contributed by atoms with E-state index in [0.29, 0.717) is 12.1 Å². The molecule has 2 aromatic rings. The largest absolute Gasteiger partial charge is 0.395 e. The summed E-state index contributed by atoms with van der Waals surface area (Å²) >= 11 is 6.00. The molecular weight excluding hydrogens is 405 g/mol. The normalized spacial score (nSPS) is 13.4. The molecule has 0 radical (unpaired) electrons. The second-order valence-corrected chi connectivity index (χ2v) is 8.35. The van der Waals surface area contributed by atoms with E-state index in [1.54, 1.807) is 0 Å². The molecule has 1 unspecified atom stereocenters. The summed E-state index contributed by atoms with van der Waals surface area (Å²) in [6.45, 7) is -0.160. The lowest BCUT2D eigenvalue weighted by molar-refractivity contribution is 0.102. The van der Waals surface area contributed by atoms with Crippen molar-refractivity contribution in [2.75, 3.05) is 25.5 Å². The van der Waals surface area contributed by atoms with Crippen LogP contribution in [0.3, 0.4) is 0 Å². The monoisotopic (exact) mass is 420 g/mol. The number of hydrogen-bond donors (Lipinski definition) is 2. The van der Waals surface area contributed by atoms with Crippen LogP contribution in [0.15, 0.2) is 35.2 Å². The molecule has 0 aliphatic carbocycles. The van der Waals surface area contributed by atoms with Gasteiger partial charge in [-0.3, -0.25) is 4.79 Å². The molecule has 0 fully saturated rings. The van der Waals surface area contributed by atoms with Crippen molar-refractivity contribution < 1.29 is 27.3 Å². The molecule has 5 nitrogen and oxygen atoms in total. The number of nitrogens with zero attached hydrogens (tertiary/aromatic N) is 1. The number of hydrogen-bond acceptors (Lipinski definition) is 3. The zero-order chi connectivity index (χ0) is 20.4. The minimum absolute atomic E-state index is 0.000633. The number of nitrogens with one attached hydrogen (secondary N) is 1. The summed E-state index contributed by atoms with van der Waals surface area (Å²) in [4.78, 5) is 12.6. The summed E-state index contributed by atoms with van der Waals surface area (Å²) in [5.74, 6) is -1.79. The van der Waals surface area contributed by atoms with Gasteiger partial charge in [-0.1, -0.05) is 11.6 Å². The van der Waals surface area contributed by atoms with Gasteiger partial charge >= 0.3 is 0 Å². The average Bonchev–Trinajstić information content (AvgIpc) is 2.59. The lowest BCUT2D eigenvalue weighted by atomic mass is 10.2. The van der Waals surface area contributed by atoms with Crippen molar-refractivity contribution in [1.29, 1.82) is 0 Å². The van der Waals surface area contributed by atoms with Gasteiger partial charge in [0.1, 0.15) is 0 Å². The molecule has 27 heavy (non-hydrogen) atoms. The first-order chi connectivity index (χ1) is 12.6. The summed E-state index contributed by atoms with van der Waals surface area (Å²) in [7, 11) is -1.51. The molecule has 0 spiro atoms. The van der Waals surface area contributed by atoms with Crippen molar-refractivity contribution in [3.05, 3.63) is 58.4 Å². The van der Waals surface area contributed by atoms with Gasteiger partial charge in [0.15, 0.2) is 17.5 Å². The number of amides is 1. The predicted molar refractivity (Wildman–Crippen MR) is 99.0 cm³/mol. The van der Waals surface area contributed by atoms with E-state index in [9.17, 15) is 22.2 Å². The van der Waals surface area contributed by atoms with Crippen molar-refractivity contribution in [2.45, 2.75) is 4.90 Å². The van der Waals surface area contributed by atoms with Crippen LogP contribution in [0.1, 0.15) is 10.4 Å². The van der Waals surface area contributed by atoms with Crippen LogP contribution in [0.5, 0.6) is 0 Å². The molecule has 1 atom stereocenters. The van der Waals surface area contributed by atoms with E-state index < -0.39 is 33.1 Å². The molecule has 1 amide bonds. The van der Waals surface area contributed by atoms with Gasteiger partial charge in [0.25, 0.3) is 5.91 Å². The van der Waals surface area contributed by atoms with Gasteiger partial charge < -0.3 is 10.4 Å². The van der Waals surface area contributed by atoms with Gasteiger partial charge in [-0.15, -0.1) is 0 Å². The summed E-state index contributed by atoms with van der Waals surface area (Å²) in [5, 5.41) is 11.2. The van der Waals surface area contributed by atoms with E-state index in [0.717, 1.165) is 0 Å². The Morgan fingerprint density at radius 3 is 2.41 bits per heavy atom. The molecule has 2 N–H and O–H groups in total. The van der Waals surface area contributed by atoms with Gasteiger partial charge in [0.2, 0.25) is 0 Å². The average molecular weight is 421 g/mol. The highest BCUT2D eigenvalue weighted by molar-refractivity contribution is 7.98. The number of anilines is 1. The van der Waals surface area contributed by atoms with E-state index in [1.165, 1.54) is 29.6 Å². The highest BCUT2D eigenvalue weighted by Crippen LogP contribution is 2.24. The maximum absolute atomic E-state index is 13.3. The number of carbonyl (C=O) groups is 1. The minimum Gasteiger partial charge on any atom is -0.395 e. The molecule has 0 heterocycles. The Kier molecular flexibility index (Phi) is 6.53. The molecule has 0 aliphatic rings. The van der Waals surface area contributed by atoms with Crippen LogP contribution in [0.4, 0.5) is 18.9 Å². The Morgan fingerprint density at radius 1 is 1.26 bits per heavy atom. The van der Waals surface area contributed by atoms with Crippen LogP contribution in [-0.4, -0.2) is 45.6 Å². The maximum atomic E-state index is 13.3. The molecule has 146 valence electrons. The Morgan fingerprint density at radius 2 is 1.85 bits per heavy atom. The number of halogens is 4. The van der Waals surface area contributed by atoms with Crippen LogP contribution >= 0.6 is 11.6 Å². The Balaban J connectivity index is 2.37. The van der Waals surface area contributed by atoms with Crippen LogP contribution in [0.2, 0.25) is 5.02 Å². The van der Waals surface area contributed by atoms with E-state index >= 15 is 0 Å². The second-order valence-electron chi connectivity index (χ2n) is 5.57. The predicted octanol–water partition coefficient (Wildman–Crippen LogP) is 2.92. The third kappa shape index (κ3) is 4.62. The molecule has 0 saturated carbocycles. The van der Waals surface area contributed by atoms with Crippen molar-refractivity contribution in [2.24, 2.45) is 0 Å². The quantitative estimate of drug-likeness (QED) is 0.557. The molecule has 0 bridgehead atoms. The summed E-state index contributed by atoms with van der Waals surface area (Å²) < 4.78 is 53.8. The summed E-state index contributed by atoms with van der Waals surface area (Å²) in [6.07, 6.45) is 0. The van der Waals surface area contributed by atoms with Crippen molar-refractivity contribution in [3.8, 4) is 0 Å². The number of aliphatic hydroxyl groups is 1. The number of benzene rings is 2. The van der Waals surface area contributed by atoms with Crippen LogP contribution < -0.4 is 5.32 Å². The van der Waals surface area contributed by atoms with Gasteiger partial charge in [0.05, 0.1) is 26.9 Å². The van der Waals surface area contributed by atoms with Crippen molar-refractivity contribution in [1.82, 2.24) is 4.31 Å². The van der Waals surface area contributed by atoms with Gasteiger partial charge in [-0.25, -0.2) is 21.7 Å². The molecule has 2 aromatic carbocycles. The van der Waals surface area contributed by atoms with Crippen LogP contribution in [-0.2, 0) is 9.71 Å². The van der Waals surface area contributed by atoms with Crippen LogP contribution in [0, 0.1) is 17.5 Å². The molecule has 2 rings (SSSR count). The van der Waals surface area contributed by atoms with Gasteiger partial charge in [-0.2, -0.15) is 0 Å². The second kappa shape index (κ2) is 8.30. The zero-order valence-corrected chi connectivity index (χ0v) is 15.7. The smallest absolute Gasteiger partial charge is 0.257 e. The third-order valence-electron chi connectivity index (χ3n) is 3.71. The fourth-order valence-electron chi connectivity index (χ4n) is 2.17. The van der Waals surface area contributed by atoms with E-state index in [-0.39, 0.29) is 34.3 Å². The number of likely N-dealkylation sites (N-methyl/N-ethyl adjacent to an activating group) is 1. The Labute approximate surface area is 159 Å². The van der Waals surface area contributed by atoms with Gasteiger partial charge in [0, 0.05) is 29.3 Å². The molecule has 0 aliphatic heterocycles. The minimum atomic E-state index is -3.00. The maximum Gasteiger partial charge on any atom is 0.257 e. The first-order valence-corrected chi connectivity index (χ1v) is 9.59. The summed E-state index contributed by atoms with van der Waals surface area (Å²) in [6, 6.07) is 5.22. The zero-order valence-electron chi connectivity index (χ0n) is 14.1. The molecular formula is C17H16ClF3N2O3S. The fraction of sp³-hybridized carbons (Fsp3) is 0.176. The molecule has 0 saturated heterocycles. The van der Waals surface area contributed by atoms with E-state index in [1.807, 2.05) is 0 Å². The lowest BCUT2D eigenvalue weighted by Crippen LogP contribution is -2.29. The topological polar surface area (TPSA) is 69.6 Å². The third-order valence-corrected chi connectivity index (χ3v) is 6.22. The first-order valence-electron chi connectivity index (χ1n) is 7.52. The molecule has 10 heteroatoms.